The molecule has 0 aliphatic heterocycles. The van der Waals surface area contributed by atoms with Crippen LogP contribution in [0.4, 0.5) is 0 Å². The number of rotatable bonds is 2. The molecule has 0 amide bonds. The third-order valence-corrected chi connectivity index (χ3v) is 9.76. The quantitative estimate of drug-likeness (QED) is 0.200. The van der Waals surface area contributed by atoms with Crippen molar-refractivity contribution >= 4 is 38.0 Å². The lowest BCUT2D eigenvalue weighted by Crippen LogP contribution is -2.12. The van der Waals surface area contributed by atoms with E-state index >= 15 is 0 Å². The van der Waals surface area contributed by atoms with Crippen molar-refractivity contribution in [1.82, 2.24) is 4.40 Å². The van der Waals surface area contributed by atoms with Gasteiger partial charge in [-0.25, -0.2) is 0 Å². The highest BCUT2D eigenvalue weighted by molar-refractivity contribution is 6.21. The van der Waals surface area contributed by atoms with E-state index < -0.39 is 0 Å². The van der Waals surface area contributed by atoms with Gasteiger partial charge in [-0.3, -0.25) is 9.20 Å². The maximum atomic E-state index is 13.7. The van der Waals surface area contributed by atoms with Crippen LogP contribution >= 0.6 is 0 Å². The van der Waals surface area contributed by atoms with Crippen LogP contribution in [0.5, 0.6) is 0 Å². The number of para-hydroxylation sites is 1. The monoisotopic (exact) mass is 539 g/mol. The zero-order valence-electron chi connectivity index (χ0n) is 23.3. The number of benzene rings is 5. The van der Waals surface area contributed by atoms with Gasteiger partial charge in [-0.15, -0.1) is 0 Å². The molecule has 7 aromatic rings. The van der Waals surface area contributed by atoms with Gasteiger partial charge in [0.1, 0.15) is 0 Å². The number of fused-ring (bicyclic) bond motifs is 8. The summed E-state index contributed by atoms with van der Waals surface area (Å²) in [5.41, 5.74) is 10.1. The summed E-state index contributed by atoms with van der Waals surface area (Å²) >= 11 is 0. The fourth-order valence-electron chi connectivity index (χ4n) is 7.82. The molecule has 2 aliphatic carbocycles. The highest BCUT2D eigenvalue weighted by atomic mass is 16.1. The molecule has 9 rings (SSSR count). The lowest BCUT2D eigenvalue weighted by atomic mass is 9.78. The van der Waals surface area contributed by atoms with E-state index in [9.17, 15) is 4.79 Å². The summed E-state index contributed by atoms with van der Waals surface area (Å²) in [6.45, 7) is 0. The molecule has 2 unspecified atom stereocenters. The van der Waals surface area contributed by atoms with E-state index in [2.05, 4.69) is 103 Å². The molecular formula is C40H29NO. The molecule has 2 nitrogen and oxygen atoms in total. The first-order valence-corrected chi connectivity index (χ1v) is 15.0. The molecule has 2 aromatic heterocycles. The average Bonchev–Trinajstić information content (AvgIpc) is 3.29. The molecule has 0 bridgehead atoms. The number of aryl methyl sites for hydroxylation is 1. The molecule has 5 aromatic carbocycles. The van der Waals surface area contributed by atoms with E-state index in [1.165, 1.54) is 33.4 Å². The largest absolute Gasteiger partial charge is 0.275 e. The molecule has 2 aliphatic rings. The van der Waals surface area contributed by atoms with Crippen molar-refractivity contribution in [3.63, 3.8) is 0 Å². The first-order chi connectivity index (χ1) is 20.8. The van der Waals surface area contributed by atoms with E-state index in [1.807, 2.05) is 28.7 Å². The van der Waals surface area contributed by atoms with Crippen LogP contribution in [-0.4, -0.2) is 4.40 Å². The Morgan fingerprint density at radius 2 is 1.40 bits per heavy atom. The van der Waals surface area contributed by atoms with Crippen molar-refractivity contribution in [2.24, 2.45) is 5.92 Å². The Kier molecular flexibility index (Phi) is 5.10. The van der Waals surface area contributed by atoms with Crippen molar-refractivity contribution < 1.29 is 0 Å². The standard InChI is InChI=1S/C40H29NO/c42-40-35-16-7-6-14-33(35)36-23-28(24-37-34-15-8-9-17-38(34)41(40)39(36)37)26-18-20-30-27(22-26)19-21-29(25-10-2-1-3-11-25)31-12-4-5-13-32(30)31/h1-10,12-18,20,22-25,29H,11,19,21H2. The van der Waals surface area contributed by atoms with Gasteiger partial charge < -0.3 is 0 Å². The minimum Gasteiger partial charge on any atom is -0.275 e. The van der Waals surface area contributed by atoms with Crippen molar-refractivity contribution in [2.75, 3.05) is 0 Å². The van der Waals surface area contributed by atoms with Crippen LogP contribution in [0.15, 0.2) is 132 Å². The molecular weight excluding hydrogens is 510 g/mol. The Labute approximate surface area is 244 Å². The molecule has 42 heavy (non-hydrogen) atoms. The Morgan fingerprint density at radius 1 is 0.643 bits per heavy atom. The van der Waals surface area contributed by atoms with E-state index in [4.69, 9.17) is 0 Å². The van der Waals surface area contributed by atoms with Gasteiger partial charge in [-0.2, -0.15) is 0 Å². The number of allylic oxidation sites excluding steroid dienone is 4. The van der Waals surface area contributed by atoms with Gasteiger partial charge in [0.2, 0.25) is 0 Å². The maximum absolute atomic E-state index is 13.7. The van der Waals surface area contributed by atoms with Gasteiger partial charge in [0, 0.05) is 21.5 Å². The van der Waals surface area contributed by atoms with Crippen LogP contribution in [0.2, 0.25) is 0 Å². The SMILES string of the molecule is O=c1c2ccccc2c2cc(-c3ccc4c(c3)CCC(C3C=CC=CC3)c3ccccc3-4)cc3c4ccccc4n1c23. The van der Waals surface area contributed by atoms with Gasteiger partial charge in [-0.1, -0.05) is 103 Å². The normalized spacial score (nSPS) is 18.1. The second-order valence-electron chi connectivity index (χ2n) is 11.9. The molecule has 2 heteroatoms. The van der Waals surface area contributed by atoms with Gasteiger partial charge in [-0.05, 0) is 94.1 Å². The number of aromatic nitrogens is 1. The average molecular weight is 540 g/mol. The fraction of sp³-hybridized carbons (Fsp3) is 0.125. The van der Waals surface area contributed by atoms with Crippen molar-refractivity contribution in [3.8, 4) is 22.3 Å². The highest BCUT2D eigenvalue weighted by Crippen LogP contribution is 2.45. The van der Waals surface area contributed by atoms with Crippen molar-refractivity contribution in [2.45, 2.75) is 25.2 Å². The summed E-state index contributed by atoms with van der Waals surface area (Å²) in [6, 6.07) is 37.1. The first kappa shape index (κ1) is 23.7. The van der Waals surface area contributed by atoms with E-state index in [-0.39, 0.29) is 5.56 Å². The fourth-order valence-corrected chi connectivity index (χ4v) is 7.82. The molecule has 200 valence electrons. The predicted octanol–water partition coefficient (Wildman–Crippen LogP) is 9.69. The zero-order chi connectivity index (χ0) is 27.8. The smallest absolute Gasteiger partial charge is 0.263 e. The van der Waals surface area contributed by atoms with E-state index in [1.54, 1.807) is 0 Å². The minimum absolute atomic E-state index is 0.0543. The van der Waals surface area contributed by atoms with Crippen LogP contribution in [0.25, 0.3) is 60.2 Å². The summed E-state index contributed by atoms with van der Waals surface area (Å²) in [5.74, 6) is 1.06. The van der Waals surface area contributed by atoms with Crippen LogP contribution in [0.1, 0.15) is 29.9 Å². The summed E-state index contributed by atoms with van der Waals surface area (Å²) in [6.07, 6.45) is 12.4. The molecule has 0 spiro atoms. The minimum atomic E-state index is 0.0543. The van der Waals surface area contributed by atoms with Crippen LogP contribution in [0, 0.1) is 5.92 Å². The molecule has 0 fully saturated rings. The first-order valence-electron chi connectivity index (χ1n) is 15.0. The third kappa shape index (κ3) is 3.36. The van der Waals surface area contributed by atoms with Gasteiger partial charge in [0.25, 0.3) is 5.56 Å². The summed E-state index contributed by atoms with van der Waals surface area (Å²) in [4.78, 5) is 13.7. The number of nitrogens with zero attached hydrogens (tertiary/aromatic N) is 1. The van der Waals surface area contributed by atoms with Gasteiger partial charge >= 0.3 is 0 Å². The lowest BCUT2D eigenvalue weighted by molar-refractivity contribution is 0.481. The van der Waals surface area contributed by atoms with Crippen molar-refractivity contribution in [1.29, 1.82) is 0 Å². The molecule has 2 atom stereocenters. The summed E-state index contributed by atoms with van der Waals surface area (Å²) < 4.78 is 1.93. The zero-order valence-corrected chi connectivity index (χ0v) is 23.3. The second kappa shape index (κ2) is 9.03. The Morgan fingerprint density at radius 3 is 2.26 bits per heavy atom. The summed E-state index contributed by atoms with van der Waals surface area (Å²) in [5, 5.41) is 5.18. The van der Waals surface area contributed by atoms with Gasteiger partial charge in [0.15, 0.2) is 0 Å². The number of hydrogen-bond donors (Lipinski definition) is 0. The summed E-state index contributed by atoms with van der Waals surface area (Å²) in [7, 11) is 0. The Balaban J connectivity index is 1.26. The molecule has 2 heterocycles. The predicted molar refractivity (Wildman–Crippen MR) is 176 cm³/mol. The molecule has 0 saturated carbocycles. The molecule has 0 saturated heterocycles. The number of pyridine rings is 1. The topological polar surface area (TPSA) is 21.5 Å². The van der Waals surface area contributed by atoms with Crippen molar-refractivity contribution in [3.05, 3.63) is 149 Å². The van der Waals surface area contributed by atoms with Crippen LogP contribution < -0.4 is 5.56 Å². The Bertz CT molecular complexity index is 2320. The third-order valence-electron chi connectivity index (χ3n) is 9.76. The highest BCUT2D eigenvalue weighted by Gasteiger charge is 2.28. The maximum Gasteiger partial charge on any atom is 0.263 e. The Hall–Kier alpha value is -4.95. The van der Waals surface area contributed by atoms with E-state index in [0.29, 0.717) is 11.8 Å². The van der Waals surface area contributed by atoms with Crippen LogP contribution in [-0.2, 0) is 6.42 Å². The second-order valence-corrected chi connectivity index (χ2v) is 11.9. The molecule has 0 radical (unpaired) electrons. The van der Waals surface area contributed by atoms with Gasteiger partial charge in [0.05, 0.1) is 11.0 Å². The molecule has 0 N–H and O–H groups in total. The van der Waals surface area contributed by atoms with Crippen LogP contribution in [0.3, 0.4) is 0 Å². The number of hydrogen-bond acceptors (Lipinski definition) is 1. The van der Waals surface area contributed by atoms with E-state index in [0.717, 1.165) is 57.2 Å². The lowest BCUT2D eigenvalue weighted by Gasteiger charge is -2.26.